The van der Waals surface area contributed by atoms with Crippen LogP contribution >= 0.6 is 0 Å². The van der Waals surface area contributed by atoms with E-state index in [0.717, 1.165) is 18.4 Å². The van der Waals surface area contributed by atoms with Crippen molar-refractivity contribution in [2.75, 3.05) is 0 Å². The first-order valence-electron chi connectivity index (χ1n) is 8.35. The standard InChI is InChI=1S/C18H30O3S/c1-4-5-6-7-8-9-10-14-18(2,3)16-12-11-13-17(15-16)22(19,20)21/h11-13,15H,4-10,14H2,1-3H3,(H,19,20,21). The molecule has 1 aromatic carbocycles. The van der Waals surface area contributed by atoms with Crippen molar-refractivity contribution in [3.8, 4) is 0 Å². The van der Waals surface area contributed by atoms with Gasteiger partial charge >= 0.3 is 0 Å². The van der Waals surface area contributed by atoms with Gasteiger partial charge in [-0.15, -0.1) is 0 Å². The Morgan fingerprint density at radius 3 is 2.18 bits per heavy atom. The van der Waals surface area contributed by atoms with Gasteiger partial charge in [0.25, 0.3) is 10.1 Å². The first kappa shape index (κ1) is 19.2. The fourth-order valence-corrected chi connectivity index (χ4v) is 3.27. The molecule has 4 heteroatoms. The molecule has 0 unspecified atom stereocenters. The maximum atomic E-state index is 11.3. The highest BCUT2D eigenvalue weighted by molar-refractivity contribution is 7.85. The van der Waals surface area contributed by atoms with Crippen LogP contribution in [0.2, 0.25) is 0 Å². The Balaban J connectivity index is 2.52. The maximum Gasteiger partial charge on any atom is 0.294 e. The Morgan fingerprint density at radius 1 is 1.00 bits per heavy atom. The largest absolute Gasteiger partial charge is 0.294 e. The minimum atomic E-state index is -4.12. The molecule has 1 N–H and O–H groups in total. The van der Waals surface area contributed by atoms with Crippen LogP contribution in [0.3, 0.4) is 0 Å². The zero-order chi connectivity index (χ0) is 16.6. The summed E-state index contributed by atoms with van der Waals surface area (Å²) >= 11 is 0. The van der Waals surface area contributed by atoms with E-state index >= 15 is 0 Å². The Kier molecular flexibility index (Phi) is 7.57. The van der Waals surface area contributed by atoms with Gasteiger partial charge in [-0.2, -0.15) is 8.42 Å². The van der Waals surface area contributed by atoms with Crippen LogP contribution in [0.15, 0.2) is 29.2 Å². The van der Waals surface area contributed by atoms with Gasteiger partial charge in [-0.1, -0.05) is 77.8 Å². The predicted octanol–water partition coefficient (Wildman–Crippen LogP) is 5.35. The predicted molar refractivity (Wildman–Crippen MR) is 91.9 cm³/mol. The molecule has 0 heterocycles. The van der Waals surface area contributed by atoms with Crippen LogP contribution < -0.4 is 0 Å². The molecule has 22 heavy (non-hydrogen) atoms. The van der Waals surface area contributed by atoms with E-state index in [2.05, 4.69) is 20.8 Å². The Bertz CT molecular complexity index is 547. The molecule has 0 aromatic heterocycles. The molecule has 0 fully saturated rings. The van der Waals surface area contributed by atoms with E-state index in [1.54, 1.807) is 12.1 Å². The summed E-state index contributed by atoms with van der Waals surface area (Å²) in [5.74, 6) is 0. The third kappa shape index (κ3) is 6.49. The first-order chi connectivity index (χ1) is 10.3. The third-order valence-corrected chi connectivity index (χ3v) is 5.17. The van der Waals surface area contributed by atoms with Crippen LogP contribution in [0.25, 0.3) is 0 Å². The molecule has 0 aliphatic heterocycles. The van der Waals surface area contributed by atoms with Gasteiger partial charge in [-0.05, 0) is 29.5 Å². The molecule has 0 spiro atoms. The Hall–Kier alpha value is -0.870. The molecule has 0 saturated carbocycles. The molecule has 0 amide bonds. The highest BCUT2D eigenvalue weighted by atomic mass is 32.2. The molecule has 0 radical (unpaired) electrons. The lowest BCUT2D eigenvalue weighted by atomic mass is 9.80. The van der Waals surface area contributed by atoms with Crippen LogP contribution in [0.4, 0.5) is 0 Å². The van der Waals surface area contributed by atoms with Crippen LogP contribution in [0, 0.1) is 0 Å². The van der Waals surface area contributed by atoms with E-state index in [0.29, 0.717) is 0 Å². The summed E-state index contributed by atoms with van der Waals surface area (Å²) in [6, 6.07) is 6.67. The minimum absolute atomic E-state index is 0.0161. The van der Waals surface area contributed by atoms with Crippen LogP contribution in [0.1, 0.15) is 77.7 Å². The highest BCUT2D eigenvalue weighted by Crippen LogP contribution is 2.30. The van der Waals surface area contributed by atoms with E-state index in [9.17, 15) is 8.42 Å². The summed E-state index contributed by atoms with van der Waals surface area (Å²) in [6.07, 6.45) is 9.92. The molecule has 126 valence electrons. The summed E-state index contributed by atoms with van der Waals surface area (Å²) in [6.45, 7) is 6.49. The smallest absolute Gasteiger partial charge is 0.282 e. The molecule has 0 aliphatic rings. The molecule has 1 aromatic rings. The lowest BCUT2D eigenvalue weighted by Crippen LogP contribution is -2.17. The van der Waals surface area contributed by atoms with Crippen LogP contribution in [-0.2, 0) is 15.5 Å². The van der Waals surface area contributed by atoms with Crippen molar-refractivity contribution in [2.24, 2.45) is 0 Å². The van der Waals surface area contributed by atoms with Gasteiger partial charge < -0.3 is 0 Å². The van der Waals surface area contributed by atoms with Gasteiger partial charge in [0.1, 0.15) is 0 Å². The van der Waals surface area contributed by atoms with Gasteiger partial charge in [0.15, 0.2) is 0 Å². The van der Waals surface area contributed by atoms with E-state index in [4.69, 9.17) is 4.55 Å². The van der Waals surface area contributed by atoms with Crippen molar-refractivity contribution >= 4 is 10.1 Å². The number of rotatable bonds is 10. The second-order valence-electron chi connectivity index (χ2n) is 6.76. The van der Waals surface area contributed by atoms with Crippen molar-refractivity contribution in [1.82, 2.24) is 0 Å². The Morgan fingerprint density at radius 2 is 1.59 bits per heavy atom. The Labute approximate surface area is 135 Å². The van der Waals surface area contributed by atoms with Gasteiger partial charge in [0.2, 0.25) is 0 Å². The van der Waals surface area contributed by atoms with Crippen molar-refractivity contribution in [2.45, 2.75) is 82.4 Å². The fourth-order valence-electron chi connectivity index (χ4n) is 2.75. The number of hydrogen-bond donors (Lipinski definition) is 1. The lowest BCUT2D eigenvalue weighted by molar-refractivity contribution is 0.440. The SMILES string of the molecule is CCCCCCCCCC(C)(C)c1cccc(S(=O)(=O)O)c1. The molecule has 0 aliphatic carbocycles. The summed E-state index contributed by atoms with van der Waals surface area (Å²) in [5.41, 5.74) is 0.887. The zero-order valence-corrected chi connectivity index (χ0v) is 15.0. The van der Waals surface area contributed by atoms with Crippen molar-refractivity contribution in [1.29, 1.82) is 0 Å². The number of benzene rings is 1. The summed E-state index contributed by atoms with van der Waals surface area (Å²) in [5, 5.41) is 0. The van der Waals surface area contributed by atoms with Crippen molar-refractivity contribution in [3.63, 3.8) is 0 Å². The van der Waals surface area contributed by atoms with Gasteiger partial charge in [-0.25, -0.2) is 0 Å². The number of unbranched alkanes of at least 4 members (excludes halogenated alkanes) is 6. The topological polar surface area (TPSA) is 54.4 Å². The molecule has 1 rings (SSSR count). The van der Waals surface area contributed by atoms with Crippen LogP contribution in [0.5, 0.6) is 0 Å². The molecule has 0 saturated heterocycles. The second-order valence-corrected chi connectivity index (χ2v) is 8.18. The highest BCUT2D eigenvalue weighted by Gasteiger charge is 2.22. The molecular formula is C18H30O3S. The monoisotopic (exact) mass is 326 g/mol. The summed E-state index contributed by atoms with van der Waals surface area (Å²) < 4.78 is 31.7. The summed E-state index contributed by atoms with van der Waals surface area (Å²) in [7, 11) is -4.12. The quantitative estimate of drug-likeness (QED) is 0.465. The second kappa shape index (κ2) is 8.68. The number of hydrogen-bond acceptors (Lipinski definition) is 2. The summed E-state index contributed by atoms with van der Waals surface area (Å²) in [4.78, 5) is -0.0161. The molecule has 0 bridgehead atoms. The maximum absolute atomic E-state index is 11.3. The third-order valence-electron chi connectivity index (χ3n) is 4.32. The van der Waals surface area contributed by atoms with Gasteiger partial charge in [-0.3, -0.25) is 4.55 Å². The molecule has 0 atom stereocenters. The van der Waals surface area contributed by atoms with E-state index < -0.39 is 10.1 Å². The zero-order valence-electron chi connectivity index (χ0n) is 14.1. The van der Waals surface area contributed by atoms with E-state index in [1.165, 1.54) is 44.6 Å². The lowest BCUT2D eigenvalue weighted by Gasteiger charge is -2.25. The van der Waals surface area contributed by atoms with Crippen molar-refractivity contribution in [3.05, 3.63) is 29.8 Å². The average Bonchev–Trinajstić information content (AvgIpc) is 2.45. The molecular weight excluding hydrogens is 296 g/mol. The van der Waals surface area contributed by atoms with Gasteiger partial charge in [0.05, 0.1) is 4.90 Å². The minimum Gasteiger partial charge on any atom is -0.282 e. The van der Waals surface area contributed by atoms with Gasteiger partial charge in [0, 0.05) is 0 Å². The van der Waals surface area contributed by atoms with E-state index in [-0.39, 0.29) is 10.3 Å². The fraction of sp³-hybridized carbons (Fsp3) is 0.667. The molecule has 3 nitrogen and oxygen atoms in total. The van der Waals surface area contributed by atoms with Crippen LogP contribution in [-0.4, -0.2) is 13.0 Å². The van der Waals surface area contributed by atoms with Crippen molar-refractivity contribution < 1.29 is 13.0 Å². The first-order valence-corrected chi connectivity index (χ1v) is 9.79. The average molecular weight is 327 g/mol. The van der Waals surface area contributed by atoms with E-state index in [1.807, 2.05) is 6.07 Å². The normalized spacial score (nSPS) is 12.5.